The summed E-state index contributed by atoms with van der Waals surface area (Å²) in [6, 6.07) is 0. The van der Waals surface area contributed by atoms with E-state index in [0.29, 0.717) is 19.1 Å². The Hall–Kier alpha value is -0.210. The molecule has 0 aliphatic carbocycles. The number of likely N-dealkylation sites (N-methyl/N-ethyl adjacent to an activating group) is 1. The SMILES string of the molecule is CN1CCOC(CNS(=O)(=O)CCC2CCNCC2)C1. The van der Waals surface area contributed by atoms with E-state index in [1.54, 1.807) is 0 Å². The van der Waals surface area contributed by atoms with Gasteiger partial charge in [-0.2, -0.15) is 0 Å². The fourth-order valence-electron chi connectivity index (χ4n) is 2.77. The van der Waals surface area contributed by atoms with Crippen molar-refractivity contribution in [3.05, 3.63) is 0 Å². The fourth-order valence-corrected chi connectivity index (χ4v) is 4.00. The number of nitrogens with one attached hydrogen (secondary N) is 2. The van der Waals surface area contributed by atoms with Gasteiger partial charge in [0, 0.05) is 19.6 Å². The molecule has 0 saturated carbocycles. The zero-order valence-corrected chi connectivity index (χ0v) is 13.1. The summed E-state index contributed by atoms with van der Waals surface area (Å²) in [7, 11) is -1.14. The van der Waals surface area contributed by atoms with Gasteiger partial charge in [0.1, 0.15) is 0 Å². The van der Waals surface area contributed by atoms with Crippen LogP contribution in [0.3, 0.4) is 0 Å². The second-order valence-electron chi connectivity index (χ2n) is 5.90. The van der Waals surface area contributed by atoms with Crippen molar-refractivity contribution in [1.29, 1.82) is 0 Å². The lowest BCUT2D eigenvalue weighted by Gasteiger charge is -2.30. The zero-order chi connectivity index (χ0) is 14.4. The molecule has 0 spiro atoms. The topological polar surface area (TPSA) is 70.7 Å². The summed E-state index contributed by atoms with van der Waals surface area (Å²) in [6.07, 6.45) is 2.92. The van der Waals surface area contributed by atoms with E-state index in [4.69, 9.17) is 4.74 Å². The molecule has 0 radical (unpaired) electrons. The molecular weight excluding hydrogens is 278 g/mol. The number of piperidine rings is 1. The molecule has 6 nitrogen and oxygen atoms in total. The largest absolute Gasteiger partial charge is 0.374 e. The number of nitrogens with zero attached hydrogens (tertiary/aromatic N) is 1. The first-order valence-electron chi connectivity index (χ1n) is 7.53. The van der Waals surface area contributed by atoms with Crippen LogP contribution in [0.1, 0.15) is 19.3 Å². The standard InChI is InChI=1S/C13H27N3O3S/c1-16-7-8-19-13(11-16)10-15-20(17,18)9-4-12-2-5-14-6-3-12/h12-15H,2-11H2,1H3. The maximum Gasteiger partial charge on any atom is 0.211 e. The molecule has 2 rings (SSSR count). The van der Waals surface area contributed by atoms with Gasteiger partial charge in [-0.3, -0.25) is 0 Å². The Morgan fingerprint density at radius 1 is 1.35 bits per heavy atom. The average Bonchev–Trinajstić information content (AvgIpc) is 2.45. The van der Waals surface area contributed by atoms with Gasteiger partial charge in [-0.1, -0.05) is 0 Å². The molecule has 2 saturated heterocycles. The highest BCUT2D eigenvalue weighted by molar-refractivity contribution is 7.89. The molecule has 2 fully saturated rings. The summed E-state index contributed by atoms with van der Waals surface area (Å²) in [5.74, 6) is 0.783. The molecule has 2 heterocycles. The van der Waals surface area contributed by atoms with Crippen LogP contribution in [0.4, 0.5) is 0 Å². The maximum absolute atomic E-state index is 12.0. The summed E-state index contributed by atoms with van der Waals surface area (Å²) in [5, 5.41) is 3.30. The number of morpholine rings is 1. The van der Waals surface area contributed by atoms with Crippen LogP contribution in [0, 0.1) is 5.92 Å². The van der Waals surface area contributed by atoms with E-state index in [9.17, 15) is 8.42 Å². The van der Waals surface area contributed by atoms with Crippen molar-refractivity contribution in [1.82, 2.24) is 14.9 Å². The van der Waals surface area contributed by atoms with E-state index in [0.717, 1.165) is 45.4 Å². The van der Waals surface area contributed by atoms with Crippen LogP contribution in [0.2, 0.25) is 0 Å². The van der Waals surface area contributed by atoms with Gasteiger partial charge in [-0.15, -0.1) is 0 Å². The Morgan fingerprint density at radius 2 is 2.10 bits per heavy atom. The van der Waals surface area contributed by atoms with Crippen molar-refractivity contribution in [3.63, 3.8) is 0 Å². The summed E-state index contributed by atoms with van der Waals surface area (Å²) in [5.41, 5.74) is 0. The van der Waals surface area contributed by atoms with Crippen LogP contribution in [-0.2, 0) is 14.8 Å². The van der Waals surface area contributed by atoms with Crippen molar-refractivity contribution >= 4 is 10.0 Å². The molecule has 2 aliphatic rings. The summed E-state index contributed by atoms with van der Waals surface area (Å²) in [6.45, 7) is 4.80. The second-order valence-corrected chi connectivity index (χ2v) is 7.83. The van der Waals surface area contributed by atoms with Gasteiger partial charge in [-0.05, 0) is 45.3 Å². The van der Waals surface area contributed by atoms with Crippen molar-refractivity contribution < 1.29 is 13.2 Å². The minimum Gasteiger partial charge on any atom is -0.374 e. The third kappa shape index (κ3) is 5.65. The molecule has 1 unspecified atom stereocenters. The van der Waals surface area contributed by atoms with Gasteiger partial charge < -0.3 is 15.0 Å². The summed E-state index contributed by atoms with van der Waals surface area (Å²) in [4.78, 5) is 2.16. The lowest BCUT2D eigenvalue weighted by Crippen LogP contribution is -2.46. The first-order chi connectivity index (χ1) is 9.55. The number of sulfonamides is 1. The van der Waals surface area contributed by atoms with Gasteiger partial charge in [0.05, 0.1) is 18.5 Å². The van der Waals surface area contributed by atoms with Gasteiger partial charge >= 0.3 is 0 Å². The molecular formula is C13H27N3O3S. The van der Waals surface area contributed by atoms with E-state index >= 15 is 0 Å². The van der Waals surface area contributed by atoms with E-state index < -0.39 is 10.0 Å². The molecule has 118 valence electrons. The second kappa shape index (κ2) is 7.70. The van der Waals surface area contributed by atoms with Crippen molar-refractivity contribution in [2.75, 3.05) is 52.1 Å². The number of ether oxygens (including phenoxy) is 1. The van der Waals surface area contributed by atoms with Crippen LogP contribution in [0.5, 0.6) is 0 Å². The molecule has 0 aromatic carbocycles. The third-order valence-electron chi connectivity index (χ3n) is 4.13. The Balaban J connectivity index is 1.67. The van der Waals surface area contributed by atoms with Crippen LogP contribution < -0.4 is 10.0 Å². The highest BCUT2D eigenvalue weighted by Crippen LogP contribution is 2.16. The van der Waals surface area contributed by atoms with Crippen molar-refractivity contribution in [3.8, 4) is 0 Å². The van der Waals surface area contributed by atoms with Crippen molar-refractivity contribution in [2.24, 2.45) is 5.92 Å². The first kappa shape index (κ1) is 16.2. The molecule has 2 aliphatic heterocycles. The first-order valence-corrected chi connectivity index (χ1v) is 9.18. The van der Waals surface area contributed by atoms with E-state index in [1.165, 1.54) is 0 Å². The number of hydrogen-bond acceptors (Lipinski definition) is 5. The van der Waals surface area contributed by atoms with Crippen LogP contribution in [0.15, 0.2) is 0 Å². The predicted molar refractivity (Wildman–Crippen MR) is 79.2 cm³/mol. The maximum atomic E-state index is 12.0. The monoisotopic (exact) mass is 305 g/mol. The van der Waals surface area contributed by atoms with E-state index in [2.05, 4.69) is 14.9 Å². The fraction of sp³-hybridized carbons (Fsp3) is 1.00. The smallest absolute Gasteiger partial charge is 0.211 e. The molecule has 1 atom stereocenters. The van der Waals surface area contributed by atoms with Gasteiger partial charge in [0.2, 0.25) is 10.0 Å². The van der Waals surface area contributed by atoms with Crippen LogP contribution in [0.25, 0.3) is 0 Å². The quantitative estimate of drug-likeness (QED) is 0.700. The summed E-state index contributed by atoms with van der Waals surface area (Å²) < 4.78 is 32.3. The van der Waals surface area contributed by atoms with Crippen LogP contribution >= 0.6 is 0 Å². The van der Waals surface area contributed by atoms with Gasteiger partial charge in [0.15, 0.2) is 0 Å². The van der Waals surface area contributed by atoms with Gasteiger partial charge in [-0.25, -0.2) is 13.1 Å². The lowest BCUT2D eigenvalue weighted by molar-refractivity contribution is -0.0156. The van der Waals surface area contributed by atoms with E-state index in [-0.39, 0.29) is 11.9 Å². The lowest BCUT2D eigenvalue weighted by atomic mass is 9.96. The Bertz CT molecular complexity index is 382. The Labute approximate surface area is 122 Å². The van der Waals surface area contributed by atoms with Crippen LogP contribution in [-0.4, -0.2) is 71.6 Å². The molecule has 2 N–H and O–H groups in total. The minimum absolute atomic E-state index is 0.0256. The normalized spacial score (nSPS) is 26.8. The molecule has 7 heteroatoms. The average molecular weight is 305 g/mol. The number of hydrogen-bond donors (Lipinski definition) is 2. The molecule has 0 amide bonds. The minimum atomic E-state index is -3.17. The molecule has 20 heavy (non-hydrogen) atoms. The highest BCUT2D eigenvalue weighted by Gasteiger charge is 2.21. The Morgan fingerprint density at radius 3 is 2.80 bits per heavy atom. The molecule has 0 aromatic rings. The highest BCUT2D eigenvalue weighted by atomic mass is 32.2. The van der Waals surface area contributed by atoms with E-state index in [1.807, 2.05) is 7.05 Å². The number of rotatable bonds is 6. The molecule has 0 aromatic heterocycles. The summed E-state index contributed by atoms with van der Waals surface area (Å²) >= 11 is 0. The van der Waals surface area contributed by atoms with Crippen molar-refractivity contribution in [2.45, 2.75) is 25.4 Å². The predicted octanol–water partition coefficient (Wildman–Crippen LogP) is -0.374. The zero-order valence-electron chi connectivity index (χ0n) is 12.3. The van der Waals surface area contributed by atoms with Gasteiger partial charge in [0.25, 0.3) is 0 Å². The third-order valence-corrected chi connectivity index (χ3v) is 5.51. The molecule has 0 bridgehead atoms. The Kier molecular flexibility index (Phi) is 6.22.